The zero-order valence-corrected chi connectivity index (χ0v) is 16.3. The molecule has 0 bridgehead atoms. The van der Waals surface area contributed by atoms with Gasteiger partial charge in [0.1, 0.15) is 10.6 Å². The number of benzene rings is 1. The van der Waals surface area contributed by atoms with Crippen LogP contribution in [0.1, 0.15) is 18.9 Å². The predicted octanol–water partition coefficient (Wildman–Crippen LogP) is 4.99. The summed E-state index contributed by atoms with van der Waals surface area (Å²) in [5, 5.41) is 4.79. The van der Waals surface area contributed by atoms with Gasteiger partial charge in [-0.25, -0.2) is 13.1 Å². The average molecular weight is 453 g/mol. The number of aromatic amines is 1. The van der Waals surface area contributed by atoms with E-state index in [0.29, 0.717) is 15.9 Å². The first-order chi connectivity index (χ1) is 13.1. The molecule has 4 rings (SSSR count). The molecule has 1 fully saturated rings. The normalized spacial score (nSPS) is 20.3. The monoisotopic (exact) mass is 452 g/mol. The van der Waals surface area contributed by atoms with Crippen LogP contribution in [0.15, 0.2) is 35.5 Å². The Labute approximate surface area is 167 Å². The number of hydrogen-bond acceptors (Lipinski definition) is 3. The molecule has 0 radical (unpaired) electrons. The van der Waals surface area contributed by atoms with Gasteiger partial charge in [-0.05, 0) is 31.0 Å². The number of sulfonamides is 1. The first kappa shape index (κ1) is 19.4. The number of H-pyrrole nitrogens is 1. The van der Waals surface area contributed by atoms with Gasteiger partial charge >= 0.3 is 6.18 Å². The van der Waals surface area contributed by atoms with E-state index in [2.05, 4.69) is 14.8 Å². The van der Waals surface area contributed by atoms with Crippen molar-refractivity contribution in [2.75, 3.05) is 4.72 Å². The highest BCUT2D eigenvalue weighted by Crippen LogP contribution is 2.48. The lowest BCUT2D eigenvalue weighted by Crippen LogP contribution is -2.37. The second kappa shape index (κ2) is 6.57. The lowest BCUT2D eigenvalue weighted by atomic mass is 9.80. The van der Waals surface area contributed by atoms with E-state index in [1.165, 1.54) is 17.1 Å². The summed E-state index contributed by atoms with van der Waals surface area (Å²) >= 11 is 12.1. The number of halogens is 5. The minimum absolute atomic E-state index is 0.000406. The summed E-state index contributed by atoms with van der Waals surface area (Å²) in [5.41, 5.74) is 0.544. The van der Waals surface area contributed by atoms with E-state index in [4.69, 9.17) is 23.2 Å². The van der Waals surface area contributed by atoms with Gasteiger partial charge < -0.3 is 4.98 Å². The maximum Gasteiger partial charge on any atom is 0.391 e. The molecule has 2 aromatic heterocycles. The Morgan fingerprint density at radius 1 is 1.25 bits per heavy atom. The van der Waals surface area contributed by atoms with Gasteiger partial charge in [0, 0.05) is 22.1 Å². The van der Waals surface area contributed by atoms with Gasteiger partial charge in [-0.2, -0.15) is 18.3 Å². The Balaban J connectivity index is 1.57. The quantitative estimate of drug-likeness (QED) is 0.585. The van der Waals surface area contributed by atoms with Gasteiger partial charge in [0.05, 0.1) is 18.2 Å². The maximum absolute atomic E-state index is 12.8. The molecule has 0 unspecified atom stereocenters. The summed E-state index contributed by atoms with van der Waals surface area (Å²) in [6.45, 7) is 0. The van der Waals surface area contributed by atoms with Crippen molar-refractivity contribution in [1.82, 2.24) is 14.8 Å². The zero-order valence-electron chi connectivity index (χ0n) is 14.0. The zero-order chi connectivity index (χ0) is 20.3. The standard InChI is InChI=1S/C16H13Cl2F3N4O2S/c17-9-1-2-11-12(5-9)22-7-14(11)28(26,27)24-13-6-23-25(15(13)18)10-3-8(4-10)16(19,20)21/h1-2,5-8,10,22,24H,3-4H2. The topological polar surface area (TPSA) is 79.8 Å². The van der Waals surface area contributed by atoms with Crippen molar-refractivity contribution in [3.05, 3.63) is 40.8 Å². The molecule has 1 aliphatic rings. The van der Waals surface area contributed by atoms with Crippen LogP contribution < -0.4 is 4.72 Å². The Bertz CT molecular complexity index is 1150. The molecule has 0 atom stereocenters. The van der Waals surface area contributed by atoms with Gasteiger partial charge in [0.2, 0.25) is 0 Å². The molecule has 0 amide bonds. The number of alkyl halides is 3. The molecule has 0 aliphatic heterocycles. The lowest BCUT2D eigenvalue weighted by Gasteiger charge is -2.36. The molecule has 0 spiro atoms. The van der Waals surface area contributed by atoms with E-state index in [1.54, 1.807) is 18.2 Å². The van der Waals surface area contributed by atoms with E-state index in [0.717, 1.165) is 0 Å². The Morgan fingerprint density at radius 3 is 2.64 bits per heavy atom. The van der Waals surface area contributed by atoms with E-state index < -0.39 is 28.2 Å². The van der Waals surface area contributed by atoms with Gasteiger partial charge in [0.15, 0.2) is 5.15 Å². The number of hydrogen-bond donors (Lipinski definition) is 2. The number of anilines is 1. The van der Waals surface area contributed by atoms with E-state index >= 15 is 0 Å². The Morgan fingerprint density at radius 2 is 1.96 bits per heavy atom. The Hall–Kier alpha value is -1.91. The molecule has 6 nitrogen and oxygen atoms in total. The van der Waals surface area contributed by atoms with Gasteiger partial charge in [0.25, 0.3) is 10.0 Å². The number of aromatic nitrogens is 3. The van der Waals surface area contributed by atoms with Crippen molar-refractivity contribution in [2.24, 2.45) is 5.92 Å². The predicted molar refractivity (Wildman–Crippen MR) is 99.2 cm³/mol. The largest absolute Gasteiger partial charge is 0.391 e. The molecule has 1 aromatic carbocycles. The second-order valence-corrected chi connectivity index (χ2v) is 9.05. The molecule has 3 aromatic rings. The van der Waals surface area contributed by atoms with Crippen molar-refractivity contribution < 1.29 is 21.6 Å². The summed E-state index contributed by atoms with van der Waals surface area (Å²) in [6.07, 6.45) is -2.02. The van der Waals surface area contributed by atoms with Crippen molar-refractivity contribution in [3.8, 4) is 0 Å². The van der Waals surface area contributed by atoms with E-state index in [-0.39, 0.29) is 28.6 Å². The highest BCUT2D eigenvalue weighted by atomic mass is 35.5. The third-order valence-corrected chi connectivity index (χ3v) is 6.81. The fourth-order valence-electron chi connectivity index (χ4n) is 3.22. The lowest BCUT2D eigenvalue weighted by molar-refractivity contribution is -0.203. The maximum atomic E-state index is 12.8. The third kappa shape index (κ3) is 3.33. The fraction of sp³-hybridized carbons (Fsp3) is 0.312. The van der Waals surface area contributed by atoms with Gasteiger partial charge in [-0.3, -0.25) is 4.72 Å². The van der Waals surface area contributed by atoms with Gasteiger partial charge in [-0.15, -0.1) is 0 Å². The number of fused-ring (bicyclic) bond motifs is 1. The van der Waals surface area contributed by atoms with Gasteiger partial charge in [-0.1, -0.05) is 23.2 Å². The minimum atomic E-state index is -4.25. The number of nitrogens with zero attached hydrogens (tertiary/aromatic N) is 2. The van der Waals surface area contributed by atoms with Crippen LogP contribution in [0.3, 0.4) is 0 Å². The van der Waals surface area contributed by atoms with Crippen molar-refractivity contribution in [3.63, 3.8) is 0 Å². The van der Waals surface area contributed by atoms with E-state index in [1.807, 2.05) is 0 Å². The van der Waals surface area contributed by atoms with Crippen LogP contribution in [0, 0.1) is 5.92 Å². The van der Waals surface area contributed by atoms with Crippen molar-refractivity contribution in [2.45, 2.75) is 30.0 Å². The summed E-state index contributed by atoms with van der Waals surface area (Å²) in [5.74, 6) is -1.39. The van der Waals surface area contributed by atoms with Crippen LogP contribution in [0.25, 0.3) is 10.9 Å². The molecule has 28 heavy (non-hydrogen) atoms. The summed E-state index contributed by atoms with van der Waals surface area (Å²) in [4.78, 5) is 2.82. The van der Waals surface area contributed by atoms with Crippen molar-refractivity contribution >= 4 is 49.8 Å². The number of nitrogens with one attached hydrogen (secondary N) is 2. The third-order valence-electron chi connectivity index (χ3n) is 4.80. The van der Waals surface area contributed by atoms with Crippen molar-refractivity contribution in [1.29, 1.82) is 0 Å². The van der Waals surface area contributed by atoms with Crippen LogP contribution in [0.2, 0.25) is 10.2 Å². The smallest absolute Gasteiger partial charge is 0.360 e. The summed E-state index contributed by atoms with van der Waals surface area (Å²) < 4.78 is 67.1. The van der Waals surface area contributed by atoms with Crippen LogP contribution in [-0.4, -0.2) is 29.4 Å². The van der Waals surface area contributed by atoms with Crippen LogP contribution in [0.5, 0.6) is 0 Å². The molecule has 2 heterocycles. The molecule has 12 heteroatoms. The first-order valence-electron chi connectivity index (χ1n) is 8.15. The molecular formula is C16H13Cl2F3N4O2S. The molecule has 1 saturated carbocycles. The second-order valence-electron chi connectivity index (χ2n) is 6.61. The molecule has 0 saturated heterocycles. The van der Waals surface area contributed by atoms with Crippen LogP contribution in [0.4, 0.5) is 18.9 Å². The number of rotatable bonds is 4. The molecule has 150 valence electrons. The molecule has 2 N–H and O–H groups in total. The minimum Gasteiger partial charge on any atom is -0.360 e. The van der Waals surface area contributed by atoms with Crippen LogP contribution >= 0.6 is 23.2 Å². The van der Waals surface area contributed by atoms with Crippen LogP contribution in [-0.2, 0) is 10.0 Å². The summed E-state index contributed by atoms with van der Waals surface area (Å²) in [7, 11) is -4.01. The Kier molecular flexibility index (Phi) is 4.55. The molecular weight excluding hydrogens is 440 g/mol. The SMILES string of the molecule is O=S(=O)(Nc1cnn(C2CC(C(F)(F)F)C2)c1Cl)c1c[nH]c2cc(Cl)ccc12. The summed E-state index contributed by atoms with van der Waals surface area (Å²) in [6, 6.07) is 4.20. The fourth-order valence-corrected chi connectivity index (χ4v) is 4.96. The highest BCUT2D eigenvalue weighted by Gasteiger charge is 2.49. The highest BCUT2D eigenvalue weighted by molar-refractivity contribution is 7.93. The van der Waals surface area contributed by atoms with E-state index in [9.17, 15) is 21.6 Å². The first-order valence-corrected chi connectivity index (χ1v) is 10.4. The molecule has 1 aliphatic carbocycles. The average Bonchev–Trinajstić information content (AvgIpc) is 3.10.